The Bertz CT molecular complexity index is 782. The summed E-state index contributed by atoms with van der Waals surface area (Å²) in [5.74, 6) is -0.941. The summed E-state index contributed by atoms with van der Waals surface area (Å²) in [6.45, 7) is 12.3. The monoisotopic (exact) mass is 371 g/mol. The van der Waals surface area contributed by atoms with Gasteiger partial charge < -0.3 is 14.7 Å². The number of benzene rings is 1. The zero-order valence-corrected chi connectivity index (χ0v) is 16.7. The van der Waals surface area contributed by atoms with Crippen molar-refractivity contribution >= 4 is 12.1 Å². The first-order chi connectivity index (χ1) is 12.5. The van der Waals surface area contributed by atoms with Crippen molar-refractivity contribution < 1.29 is 19.4 Å². The molecule has 1 aromatic carbocycles. The average molecular weight is 371 g/mol. The van der Waals surface area contributed by atoms with Crippen LogP contribution in [-0.2, 0) is 4.74 Å². The second-order valence-corrected chi connectivity index (χ2v) is 9.12. The van der Waals surface area contributed by atoms with E-state index in [0.29, 0.717) is 6.54 Å². The Labute approximate surface area is 161 Å². The van der Waals surface area contributed by atoms with Crippen LogP contribution < -0.4 is 0 Å². The highest BCUT2D eigenvalue weighted by molar-refractivity contribution is 5.88. The maximum absolute atomic E-state index is 12.9. The van der Waals surface area contributed by atoms with E-state index < -0.39 is 11.6 Å². The zero-order chi connectivity index (χ0) is 20.0. The molecule has 3 rings (SSSR count). The Morgan fingerprint density at radius 3 is 2.48 bits per heavy atom. The van der Waals surface area contributed by atoms with Crippen LogP contribution in [0.5, 0.6) is 0 Å². The van der Waals surface area contributed by atoms with Crippen LogP contribution in [-0.4, -0.2) is 34.2 Å². The molecule has 1 saturated heterocycles. The molecule has 0 radical (unpaired) electrons. The smallest absolute Gasteiger partial charge is 0.410 e. The molecule has 2 fully saturated rings. The Balaban J connectivity index is 1.93. The number of piperidine rings is 1. The quantitative estimate of drug-likeness (QED) is 0.734. The van der Waals surface area contributed by atoms with Crippen LogP contribution >= 0.6 is 0 Å². The van der Waals surface area contributed by atoms with Gasteiger partial charge in [0.1, 0.15) is 5.60 Å². The summed E-state index contributed by atoms with van der Waals surface area (Å²) in [6.07, 6.45) is 3.53. The number of hydrogen-bond acceptors (Lipinski definition) is 3. The van der Waals surface area contributed by atoms with E-state index in [1.807, 2.05) is 38.7 Å². The lowest BCUT2D eigenvalue weighted by molar-refractivity contribution is -0.0176. The number of carboxylic acids is 1. The summed E-state index contributed by atoms with van der Waals surface area (Å²) < 4.78 is 5.65. The molecular formula is C22H29NO4. The van der Waals surface area contributed by atoms with Gasteiger partial charge in [0.25, 0.3) is 0 Å². The zero-order valence-electron chi connectivity index (χ0n) is 16.7. The number of carbonyl (C=O) groups excluding carboxylic acids is 1. The fourth-order valence-electron chi connectivity index (χ4n) is 4.47. The lowest BCUT2D eigenvalue weighted by Crippen LogP contribution is -2.49. The third-order valence-corrected chi connectivity index (χ3v) is 5.64. The van der Waals surface area contributed by atoms with Gasteiger partial charge in [-0.3, -0.25) is 0 Å². The molecule has 0 aromatic heterocycles. The van der Waals surface area contributed by atoms with E-state index in [0.717, 1.165) is 36.8 Å². The molecule has 1 aliphatic carbocycles. The number of aryl methyl sites for hydroxylation is 1. The molecule has 1 saturated carbocycles. The summed E-state index contributed by atoms with van der Waals surface area (Å²) in [7, 11) is 0. The van der Waals surface area contributed by atoms with Crippen molar-refractivity contribution in [1.82, 2.24) is 4.90 Å². The number of hydrogen-bond donors (Lipinski definition) is 1. The molecule has 146 valence electrons. The van der Waals surface area contributed by atoms with Gasteiger partial charge in [0.2, 0.25) is 0 Å². The predicted molar refractivity (Wildman–Crippen MR) is 104 cm³/mol. The van der Waals surface area contributed by atoms with E-state index in [1.54, 1.807) is 12.1 Å². The molecule has 27 heavy (non-hydrogen) atoms. The molecule has 5 nitrogen and oxygen atoms in total. The van der Waals surface area contributed by atoms with Crippen LogP contribution in [0.4, 0.5) is 4.79 Å². The maximum atomic E-state index is 12.9. The highest BCUT2D eigenvalue weighted by Crippen LogP contribution is 2.56. The number of allylic oxidation sites excluding steroid dienone is 1. The van der Waals surface area contributed by atoms with Gasteiger partial charge in [0.15, 0.2) is 0 Å². The van der Waals surface area contributed by atoms with Crippen LogP contribution in [0.1, 0.15) is 74.0 Å². The molecular weight excluding hydrogens is 342 g/mol. The van der Waals surface area contributed by atoms with Gasteiger partial charge in [0, 0.05) is 6.54 Å². The fraction of sp³-hybridized carbons (Fsp3) is 0.545. The standard InChI is InChI=1S/C22H29NO4/c1-14-11-22(12-14)8-9-23(20(26)27-21(3,4)5)18(13-22)17-7-6-16(19(24)25)10-15(17)2/h6-7,10,18H,1,8-9,11-13H2,2-5H3,(H,24,25). The average Bonchev–Trinajstić information content (AvgIpc) is 2.51. The van der Waals surface area contributed by atoms with Crippen LogP contribution in [0.15, 0.2) is 30.4 Å². The minimum absolute atomic E-state index is 0.107. The number of likely N-dealkylation sites (tertiary alicyclic amines) is 1. The first-order valence-corrected chi connectivity index (χ1v) is 9.50. The molecule has 1 aromatic rings. The number of amides is 1. The van der Waals surface area contributed by atoms with Crippen molar-refractivity contribution in [2.45, 2.75) is 65.0 Å². The van der Waals surface area contributed by atoms with E-state index in [2.05, 4.69) is 6.58 Å². The molecule has 1 atom stereocenters. The first kappa shape index (κ1) is 19.5. The van der Waals surface area contributed by atoms with Gasteiger partial charge in [-0.05, 0) is 82.1 Å². The third-order valence-electron chi connectivity index (χ3n) is 5.64. The number of aromatic carboxylic acids is 1. The van der Waals surface area contributed by atoms with Gasteiger partial charge in [-0.25, -0.2) is 9.59 Å². The summed E-state index contributed by atoms with van der Waals surface area (Å²) in [4.78, 5) is 25.9. The molecule has 1 heterocycles. The Kier molecular flexibility index (Phi) is 4.83. The minimum atomic E-state index is -0.941. The second-order valence-electron chi connectivity index (χ2n) is 9.12. The SMILES string of the molecule is C=C1CC2(CCN(C(=O)OC(C)(C)C)C(c3ccc(C(=O)O)cc3C)C2)C1. The number of carbonyl (C=O) groups is 2. The fourth-order valence-corrected chi connectivity index (χ4v) is 4.47. The van der Waals surface area contributed by atoms with Crippen LogP contribution in [0.3, 0.4) is 0 Å². The van der Waals surface area contributed by atoms with Crippen molar-refractivity contribution in [1.29, 1.82) is 0 Å². The number of carboxylic acid groups (broad SMARTS) is 1. The van der Waals surface area contributed by atoms with Crippen molar-refractivity contribution in [3.05, 3.63) is 47.0 Å². The van der Waals surface area contributed by atoms with E-state index in [9.17, 15) is 14.7 Å². The lowest BCUT2D eigenvalue weighted by atomic mass is 9.59. The van der Waals surface area contributed by atoms with Gasteiger partial charge in [-0.2, -0.15) is 0 Å². The van der Waals surface area contributed by atoms with E-state index in [-0.39, 0.29) is 23.1 Å². The Morgan fingerprint density at radius 2 is 1.96 bits per heavy atom. The van der Waals surface area contributed by atoms with Crippen LogP contribution in [0.2, 0.25) is 0 Å². The molecule has 1 amide bonds. The molecule has 1 N–H and O–H groups in total. The van der Waals surface area contributed by atoms with Gasteiger partial charge >= 0.3 is 12.1 Å². The normalized spacial score (nSPS) is 21.7. The molecule has 0 bridgehead atoms. The largest absolute Gasteiger partial charge is 0.478 e. The van der Waals surface area contributed by atoms with Crippen molar-refractivity contribution in [3.8, 4) is 0 Å². The molecule has 2 aliphatic rings. The maximum Gasteiger partial charge on any atom is 0.410 e. The van der Waals surface area contributed by atoms with Crippen molar-refractivity contribution in [2.75, 3.05) is 6.54 Å². The van der Waals surface area contributed by atoms with Crippen LogP contribution in [0, 0.1) is 12.3 Å². The molecule has 5 heteroatoms. The number of ether oxygens (including phenoxy) is 1. The van der Waals surface area contributed by atoms with Crippen molar-refractivity contribution in [2.24, 2.45) is 5.41 Å². The Morgan fingerprint density at radius 1 is 1.30 bits per heavy atom. The van der Waals surface area contributed by atoms with E-state index in [4.69, 9.17) is 4.74 Å². The van der Waals surface area contributed by atoms with Gasteiger partial charge in [-0.1, -0.05) is 18.2 Å². The molecule has 1 unspecified atom stereocenters. The van der Waals surface area contributed by atoms with E-state index in [1.165, 1.54) is 5.57 Å². The summed E-state index contributed by atoms with van der Waals surface area (Å²) >= 11 is 0. The predicted octanol–water partition coefficient (Wildman–Crippen LogP) is 5.10. The first-order valence-electron chi connectivity index (χ1n) is 9.50. The third kappa shape index (κ3) is 4.02. The molecule has 1 aliphatic heterocycles. The summed E-state index contributed by atoms with van der Waals surface area (Å²) in [5, 5.41) is 9.24. The Hall–Kier alpha value is -2.30. The summed E-state index contributed by atoms with van der Waals surface area (Å²) in [6, 6.07) is 5.06. The highest BCUT2D eigenvalue weighted by atomic mass is 16.6. The second kappa shape index (κ2) is 6.70. The summed E-state index contributed by atoms with van der Waals surface area (Å²) in [5.41, 5.74) is 3.09. The number of nitrogens with zero attached hydrogens (tertiary/aromatic N) is 1. The topological polar surface area (TPSA) is 66.8 Å². The van der Waals surface area contributed by atoms with Gasteiger partial charge in [0.05, 0.1) is 11.6 Å². The number of rotatable bonds is 2. The van der Waals surface area contributed by atoms with E-state index >= 15 is 0 Å². The van der Waals surface area contributed by atoms with Crippen molar-refractivity contribution in [3.63, 3.8) is 0 Å². The minimum Gasteiger partial charge on any atom is -0.478 e. The van der Waals surface area contributed by atoms with Crippen LogP contribution in [0.25, 0.3) is 0 Å². The molecule has 1 spiro atoms. The highest BCUT2D eigenvalue weighted by Gasteiger charge is 2.48. The van der Waals surface area contributed by atoms with Gasteiger partial charge in [-0.15, -0.1) is 0 Å². The lowest BCUT2D eigenvalue weighted by Gasteiger charge is -2.52.